The molecule has 0 heterocycles. The predicted octanol–water partition coefficient (Wildman–Crippen LogP) is 6.65. The third-order valence-electron chi connectivity index (χ3n) is 4.20. The summed E-state index contributed by atoms with van der Waals surface area (Å²) in [5.41, 5.74) is -0.157. The van der Waals surface area contributed by atoms with Crippen LogP contribution in [0.25, 0.3) is 0 Å². The monoisotopic (exact) mass is 341 g/mol. The fraction of sp³-hybridized carbons (Fsp3) is 1.00. The van der Waals surface area contributed by atoms with Crippen molar-refractivity contribution in [3.63, 3.8) is 0 Å². The molecule has 0 aromatic carbocycles. The first-order chi connectivity index (χ1) is 9.23. The van der Waals surface area contributed by atoms with Crippen LogP contribution in [-0.2, 0) is 0 Å². The normalized spacial score (nSPS) is 13.9. The number of hydrogen-bond acceptors (Lipinski definition) is 2. The van der Waals surface area contributed by atoms with Crippen LogP contribution >= 0.6 is 23.2 Å². The lowest BCUT2D eigenvalue weighted by Gasteiger charge is -2.38. The Kier molecular flexibility index (Phi) is 13.6. The lowest BCUT2D eigenvalue weighted by Crippen LogP contribution is -2.37. The van der Waals surface area contributed by atoms with Gasteiger partial charge in [-0.3, -0.25) is 0 Å². The largest absolute Gasteiger partial charge is 0.393 e. The maximum atomic E-state index is 9.49. The number of hydrogen-bond donors (Lipinski definition) is 2. The van der Waals surface area contributed by atoms with Crippen LogP contribution in [0.5, 0.6) is 0 Å². The van der Waals surface area contributed by atoms with Gasteiger partial charge in [-0.1, -0.05) is 72.1 Å². The number of aliphatic hydroxyl groups excluding tert-OH is 1. The van der Waals surface area contributed by atoms with Crippen molar-refractivity contribution < 1.29 is 5.11 Å². The Morgan fingerprint density at radius 2 is 1.33 bits per heavy atom. The van der Waals surface area contributed by atoms with Crippen LogP contribution in [0.2, 0.25) is 0 Å². The summed E-state index contributed by atoms with van der Waals surface area (Å²) in [6.45, 7) is 8.21. The molecule has 0 saturated carbocycles. The average Bonchev–Trinajstić information content (AvgIpc) is 2.30. The number of halogens is 2. The Bertz CT molecular complexity index is 243. The summed E-state index contributed by atoms with van der Waals surface area (Å²) in [5, 5.41) is 9.49. The highest BCUT2D eigenvalue weighted by molar-refractivity contribution is 6.48. The maximum Gasteiger partial charge on any atom is 0.125 e. The highest BCUT2D eigenvalue weighted by Gasteiger charge is 2.42. The minimum atomic E-state index is -0.845. The van der Waals surface area contributed by atoms with Gasteiger partial charge < -0.3 is 11.3 Å². The minimum Gasteiger partial charge on any atom is -0.393 e. The summed E-state index contributed by atoms with van der Waals surface area (Å²) >= 11 is 12.9. The molecule has 4 N–H and O–H groups in total. The van der Waals surface area contributed by atoms with E-state index in [1.165, 1.54) is 51.4 Å². The second-order valence-electron chi connectivity index (χ2n) is 6.87. The summed E-state index contributed by atoms with van der Waals surface area (Å²) < 4.78 is -0.845. The van der Waals surface area contributed by atoms with Crippen molar-refractivity contribution in [2.45, 2.75) is 102 Å². The zero-order valence-electron chi connectivity index (χ0n) is 14.6. The average molecular weight is 342 g/mol. The van der Waals surface area contributed by atoms with Gasteiger partial charge in [0.15, 0.2) is 0 Å². The van der Waals surface area contributed by atoms with Gasteiger partial charge in [0.25, 0.3) is 0 Å². The fourth-order valence-electron chi connectivity index (χ4n) is 2.53. The van der Waals surface area contributed by atoms with E-state index < -0.39 is 10.4 Å². The van der Waals surface area contributed by atoms with E-state index in [0.717, 1.165) is 6.42 Å². The van der Waals surface area contributed by atoms with Gasteiger partial charge in [0.1, 0.15) is 4.33 Å². The number of unbranched alkanes of at least 4 members (excludes halogenated alkanes) is 7. The molecule has 0 rings (SSSR count). The van der Waals surface area contributed by atoms with Gasteiger partial charge in [-0.25, -0.2) is 0 Å². The summed E-state index contributed by atoms with van der Waals surface area (Å²) in [7, 11) is 0. The van der Waals surface area contributed by atoms with Crippen molar-refractivity contribution in [3.8, 4) is 0 Å². The summed E-state index contributed by atoms with van der Waals surface area (Å²) in [5.74, 6) is 0. The van der Waals surface area contributed by atoms with Crippen LogP contribution in [0.3, 0.4) is 0 Å². The van der Waals surface area contributed by atoms with E-state index >= 15 is 0 Å². The molecule has 1 unspecified atom stereocenters. The van der Waals surface area contributed by atoms with Gasteiger partial charge in [0.2, 0.25) is 0 Å². The highest BCUT2D eigenvalue weighted by atomic mass is 35.5. The fourth-order valence-corrected chi connectivity index (χ4v) is 3.17. The molecule has 0 aromatic heterocycles. The Morgan fingerprint density at radius 1 is 0.905 bits per heavy atom. The highest BCUT2D eigenvalue weighted by Crippen LogP contribution is 2.47. The standard InChI is InChI=1S/C17H34Cl2O.H3N/c1-5-6-7-8-9-10-11-12-13-16(3,4)17(18,19)14-15(2)20;/h15,20H,5-14H2,1-4H3;1H3. The quantitative estimate of drug-likeness (QED) is 0.308. The molecule has 130 valence electrons. The molecular formula is C17H37Cl2NO. The first-order valence-electron chi connectivity index (χ1n) is 8.29. The van der Waals surface area contributed by atoms with E-state index in [-0.39, 0.29) is 11.6 Å². The van der Waals surface area contributed by atoms with Crippen LogP contribution in [-0.4, -0.2) is 15.5 Å². The van der Waals surface area contributed by atoms with E-state index in [1.807, 2.05) is 0 Å². The SMILES string of the molecule is CCCCCCCCCCC(C)(C)C(Cl)(Cl)CC(C)O.N. The molecule has 2 nitrogen and oxygen atoms in total. The van der Waals surface area contributed by atoms with Crippen molar-refractivity contribution in [3.05, 3.63) is 0 Å². The second kappa shape index (κ2) is 12.0. The van der Waals surface area contributed by atoms with E-state index in [0.29, 0.717) is 6.42 Å². The van der Waals surface area contributed by atoms with Gasteiger partial charge in [-0.05, 0) is 18.8 Å². The zero-order chi connectivity index (χ0) is 15.6. The summed E-state index contributed by atoms with van der Waals surface area (Å²) in [6, 6.07) is 0. The van der Waals surface area contributed by atoms with Crippen molar-refractivity contribution in [2.24, 2.45) is 5.41 Å². The van der Waals surface area contributed by atoms with E-state index in [2.05, 4.69) is 20.8 Å². The third kappa shape index (κ3) is 10.8. The molecular weight excluding hydrogens is 305 g/mol. The smallest absolute Gasteiger partial charge is 0.125 e. The van der Waals surface area contributed by atoms with Crippen molar-refractivity contribution in [1.29, 1.82) is 0 Å². The first kappa shape index (κ1) is 23.8. The van der Waals surface area contributed by atoms with E-state index in [9.17, 15) is 5.11 Å². The van der Waals surface area contributed by atoms with E-state index in [4.69, 9.17) is 23.2 Å². The Labute approximate surface area is 142 Å². The Hall–Kier alpha value is 0.500. The molecule has 21 heavy (non-hydrogen) atoms. The Morgan fingerprint density at radius 3 is 1.76 bits per heavy atom. The van der Waals surface area contributed by atoms with E-state index in [1.54, 1.807) is 6.92 Å². The summed E-state index contributed by atoms with van der Waals surface area (Å²) in [4.78, 5) is 0. The number of rotatable bonds is 12. The molecule has 0 saturated heterocycles. The van der Waals surface area contributed by atoms with Crippen LogP contribution in [0.15, 0.2) is 0 Å². The van der Waals surface area contributed by atoms with Gasteiger partial charge in [-0.2, -0.15) is 0 Å². The van der Waals surface area contributed by atoms with Crippen LogP contribution in [0.1, 0.15) is 91.9 Å². The maximum absolute atomic E-state index is 9.49. The predicted molar refractivity (Wildman–Crippen MR) is 96.8 cm³/mol. The molecule has 0 radical (unpaired) electrons. The van der Waals surface area contributed by atoms with Gasteiger partial charge >= 0.3 is 0 Å². The van der Waals surface area contributed by atoms with Crippen molar-refractivity contribution in [2.75, 3.05) is 0 Å². The topological polar surface area (TPSA) is 55.2 Å². The van der Waals surface area contributed by atoms with Crippen molar-refractivity contribution >= 4 is 23.2 Å². The molecule has 0 aliphatic rings. The lowest BCUT2D eigenvalue weighted by molar-refractivity contribution is 0.146. The molecule has 0 fully saturated rings. The van der Waals surface area contributed by atoms with Crippen molar-refractivity contribution in [1.82, 2.24) is 6.15 Å². The lowest BCUT2D eigenvalue weighted by atomic mass is 9.80. The first-order valence-corrected chi connectivity index (χ1v) is 9.04. The van der Waals surface area contributed by atoms with Gasteiger partial charge in [0, 0.05) is 6.42 Å². The Balaban J connectivity index is 0. The zero-order valence-corrected chi connectivity index (χ0v) is 16.1. The van der Waals surface area contributed by atoms with Crippen LogP contribution in [0, 0.1) is 5.41 Å². The summed E-state index contributed by atoms with van der Waals surface area (Å²) in [6.07, 6.45) is 11.5. The minimum absolute atomic E-state index is 0. The molecule has 0 aliphatic carbocycles. The molecule has 0 bridgehead atoms. The van der Waals surface area contributed by atoms with Crippen LogP contribution < -0.4 is 6.15 Å². The third-order valence-corrected chi connectivity index (χ3v) is 5.53. The molecule has 0 spiro atoms. The number of aliphatic hydroxyl groups is 1. The molecule has 0 aromatic rings. The molecule has 1 atom stereocenters. The molecule has 0 amide bonds. The van der Waals surface area contributed by atoms with Gasteiger partial charge in [-0.15, -0.1) is 23.2 Å². The van der Waals surface area contributed by atoms with Crippen LogP contribution in [0.4, 0.5) is 0 Å². The molecule has 0 aliphatic heterocycles. The molecule has 4 heteroatoms. The second-order valence-corrected chi connectivity index (χ2v) is 8.35. The van der Waals surface area contributed by atoms with Gasteiger partial charge in [0.05, 0.1) is 6.10 Å². The number of alkyl halides is 2.